The fourth-order valence-corrected chi connectivity index (χ4v) is 3.30. The average molecular weight is 440 g/mol. The molecule has 1 rings (SSSR count). The van der Waals surface area contributed by atoms with Gasteiger partial charge in [0, 0.05) is 59.2 Å². The lowest BCUT2D eigenvalue weighted by Crippen LogP contribution is -2.50. The number of methoxy groups -OCH3 is 1. The summed E-state index contributed by atoms with van der Waals surface area (Å²) >= 11 is 0. The monoisotopic (exact) mass is 439 g/mol. The van der Waals surface area contributed by atoms with Crippen LogP contribution in [-0.2, 0) is 14.3 Å². The van der Waals surface area contributed by atoms with E-state index in [4.69, 9.17) is 4.74 Å². The maximum Gasteiger partial charge on any atom is 0.222 e. The molecule has 8 heteroatoms. The molecule has 0 aromatic heterocycles. The molecule has 0 bridgehead atoms. The number of hydrogen-bond donors (Lipinski definition) is 2. The topological polar surface area (TPSA) is 86.3 Å². The van der Waals surface area contributed by atoms with Gasteiger partial charge in [-0.2, -0.15) is 0 Å². The van der Waals surface area contributed by atoms with Crippen molar-refractivity contribution >= 4 is 17.8 Å². The van der Waals surface area contributed by atoms with Gasteiger partial charge in [0.15, 0.2) is 5.96 Å². The lowest BCUT2D eigenvalue weighted by Gasteiger charge is -2.35. The number of rotatable bonds is 12. The maximum atomic E-state index is 12.5. The van der Waals surface area contributed by atoms with Gasteiger partial charge in [0.2, 0.25) is 11.8 Å². The van der Waals surface area contributed by atoms with Crippen LogP contribution in [0.3, 0.4) is 0 Å². The van der Waals surface area contributed by atoms with E-state index < -0.39 is 0 Å². The van der Waals surface area contributed by atoms with Crippen LogP contribution in [0.5, 0.6) is 0 Å². The van der Waals surface area contributed by atoms with Crippen molar-refractivity contribution in [2.45, 2.75) is 72.3 Å². The zero-order chi connectivity index (χ0) is 23.3. The second-order valence-corrected chi connectivity index (χ2v) is 9.26. The summed E-state index contributed by atoms with van der Waals surface area (Å²) in [5.41, 5.74) is -0.282. The number of nitrogens with zero attached hydrogens (tertiary/aromatic N) is 3. The molecule has 1 aliphatic rings. The van der Waals surface area contributed by atoms with Crippen LogP contribution >= 0.6 is 0 Å². The lowest BCUT2D eigenvalue weighted by atomic mass is 10.1. The number of amides is 2. The Morgan fingerprint density at radius 2 is 1.61 bits per heavy atom. The predicted molar refractivity (Wildman–Crippen MR) is 126 cm³/mol. The van der Waals surface area contributed by atoms with E-state index in [0.717, 1.165) is 38.3 Å². The van der Waals surface area contributed by atoms with Crippen LogP contribution in [0.25, 0.3) is 0 Å². The van der Waals surface area contributed by atoms with E-state index in [1.807, 2.05) is 30.6 Å². The molecule has 0 atom stereocenters. The molecule has 1 heterocycles. The maximum absolute atomic E-state index is 12.5. The summed E-state index contributed by atoms with van der Waals surface area (Å²) in [7, 11) is 1.70. The number of guanidine groups is 1. The first kappa shape index (κ1) is 27.2. The Morgan fingerprint density at radius 1 is 1.00 bits per heavy atom. The van der Waals surface area contributed by atoms with Crippen molar-refractivity contribution in [1.82, 2.24) is 20.4 Å². The highest BCUT2D eigenvalue weighted by Gasteiger charge is 2.24. The van der Waals surface area contributed by atoms with Gasteiger partial charge in [-0.25, -0.2) is 0 Å². The van der Waals surface area contributed by atoms with Crippen LogP contribution in [0, 0.1) is 5.92 Å². The summed E-state index contributed by atoms with van der Waals surface area (Å²) in [6.45, 7) is 15.0. The third kappa shape index (κ3) is 11.4. The highest BCUT2D eigenvalue weighted by atomic mass is 16.5. The minimum Gasteiger partial charge on any atom is -0.377 e. The Bertz CT molecular complexity index is 570. The average Bonchev–Trinajstić information content (AvgIpc) is 2.73. The first-order valence-electron chi connectivity index (χ1n) is 11.8. The summed E-state index contributed by atoms with van der Waals surface area (Å²) in [4.78, 5) is 33.0. The zero-order valence-electron chi connectivity index (χ0n) is 20.6. The molecule has 1 fully saturated rings. The Labute approximate surface area is 189 Å². The second-order valence-electron chi connectivity index (χ2n) is 9.26. The van der Waals surface area contributed by atoms with Crippen LogP contribution in [0.15, 0.2) is 4.99 Å². The van der Waals surface area contributed by atoms with E-state index in [1.165, 1.54) is 0 Å². The van der Waals surface area contributed by atoms with Gasteiger partial charge >= 0.3 is 0 Å². The Balaban J connectivity index is 2.21. The molecule has 8 nitrogen and oxygen atoms in total. The minimum atomic E-state index is -0.282. The van der Waals surface area contributed by atoms with E-state index in [9.17, 15) is 9.59 Å². The fourth-order valence-electron chi connectivity index (χ4n) is 3.30. The number of carbonyl (C=O) groups excluding carboxylic acids is 2. The van der Waals surface area contributed by atoms with E-state index in [2.05, 4.69) is 29.5 Å². The summed E-state index contributed by atoms with van der Waals surface area (Å²) in [6, 6.07) is 0. The van der Waals surface area contributed by atoms with Crippen LogP contribution in [0.4, 0.5) is 0 Å². The number of piperazine rings is 1. The van der Waals surface area contributed by atoms with E-state index in [0.29, 0.717) is 51.5 Å². The van der Waals surface area contributed by atoms with E-state index in [-0.39, 0.29) is 17.4 Å². The zero-order valence-corrected chi connectivity index (χ0v) is 20.6. The van der Waals surface area contributed by atoms with Crippen molar-refractivity contribution < 1.29 is 14.3 Å². The molecule has 0 aliphatic carbocycles. The van der Waals surface area contributed by atoms with Crippen molar-refractivity contribution in [1.29, 1.82) is 0 Å². The molecule has 180 valence electrons. The molecular formula is C23H45N5O3. The predicted octanol–water partition coefficient (Wildman–Crippen LogP) is 2.24. The van der Waals surface area contributed by atoms with Gasteiger partial charge in [0.05, 0.1) is 12.1 Å². The van der Waals surface area contributed by atoms with Gasteiger partial charge in [0.1, 0.15) is 0 Å². The van der Waals surface area contributed by atoms with Crippen LogP contribution in [0.1, 0.15) is 66.7 Å². The van der Waals surface area contributed by atoms with Crippen LogP contribution < -0.4 is 10.6 Å². The van der Waals surface area contributed by atoms with Crippen LogP contribution in [0.2, 0.25) is 0 Å². The highest BCUT2D eigenvalue weighted by molar-refractivity contribution is 5.80. The van der Waals surface area contributed by atoms with Gasteiger partial charge in [-0.3, -0.25) is 14.6 Å². The largest absolute Gasteiger partial charge is 0.377 e. The molecule has 0 radical (unpaired) electrons. The number of aliphatic imine (C=N–C) groups is 1. The lowest BCUT2D eigenvalue weighted by molar-refractivity contribution is -0.140. The highest BCUT2D eigenvalue weighted by Crippen LogP contribution is 2.11. The van der Waals surface area contributed by atoms with Gasteiger partial charge < -0.3 is 25.2 Å². The second kappa shape index (κ2) is 14.3. The minimum absolute atomic E-state index is 0.209. The van der Waals surface area contributed by atoms with Crippen molar-refractivity contribution in [2.24, 2.45) is 10.9 Å². The number of nitrogens with one attached hydrogen (secondary N) is 2. The third-order valence-electron chi connectivity index (χ3n) is 5.44. The molecule has 0 aromatic carbocycles. The summed E-state index contributed by atoms with van der Waals surface area (Å²) in [5, 5.41) is 6.60. The molecule has 0 aromatic rings. The molecule has 2 amide bonds. The van der Waals surface area contributed by atoms with Crippen LogP contribution in [-0.4, -0.2) is 86.1 Å². The van der Waals surface area contributed by atoms with Crippen molar-refractivity contribution in [3.8, 4) is 0 Å². The number of ether oxygens (including phenoxy) is 1. The van der Waals surface area contributed by atoms with Crippen molar-refractivity contribution in [3.05, 3.63) is 0 Å². The molecule has 31 heavy (non-hydrogen) atoms. The SMILES string of the molecule is CCNC(=NCC(C)(C)OC)NCCCCCC(=O)N1CCN(C(=O)CC(C)C)CC1. The molecular weight excluding hydrogens is 394 g/mol. The normalized spacial score (nSPS) is 15.4. The Morgan fingerprint density at radius 3 is 2.16 bits per heavy atom. The third-order valence-corrected chi connectivity index (χ3v) is 5.44. The standard InChI is InChI=1S/C23H45N5O3/c1-7-24-22(26-18-23(4,5)31-6)25-12-10-8-9-11-20(29)27-13-15-28(16-14-27)21(30)17-19(2)3/h19H,7-18H2,1-6H3,(H2,24,25,26). The number of hydrogen-bond acceptors (Lipinski definition) is 4. The smallest absolute Gasteiger partial charge is 0.222 e. The molecule has 0 saturated carbocycles. The quantitative estimate of drug-likeness (QED) is 0.277. The molecule has 1 aliphatic heterocycles. The van der Waals surface area contributed by atoms with Crippen molar-refractivity contribution in [3.63, 3.8) is 0 Å². The number of unbranched alkanes of at least 4 members (excludes halogenated alkanes) is 2. The Hall–Kier alpha value is -1.83. The molecule has 0 spiro atoms. The van der Waals surface area contributed by atoms with Gasteiger partial charge in [-0.05, 0) is 39.5 Å². The van der Waals surface area contributed by atoms with Gasteiger partial charge in [-0.1, -0.05) is 20.3 Å². The van der Waals surface area contributed by atoms with Gasteiger partial charge in [0.25, 0.3) is 0 Å². The Kier molecular flexibility index (Phi) is 12.5. The first-order valence-corrected chi connectivity index (χ1v) is 11.8. The fraction of sp³-hybridized carbons (Fsp3) is 0.870. The summed E-state index contributed by atoms with van der Waals surface area (Å²) in [6.07, 6.45) is 4.04. The summed E-state index contributed by atoms with van der Waals surface area (Å²) < 4.78 is 5.41. The number of carbonyl (C=O) groups is 2. The molecule has 2 N–H and O–H groups in total. The van der Waals surface area contributed by atoms with E-state index >= 15 is 0 Å². The molecule has 0 unspecified atom stereocenters. The summed E-state index contributed by atoms with van der Waals surface area (Å²) in [5.74, 6) is 1.59. The van der Waals surface area contributed by atoms with Crippen molar-refractivity contribution in [2.75, 3.05) is 52.9 Å². The molecule has 1 saturated heterocycles. The van der Waals surface area contributed by atoms with E-state index in [1.54, 1.807) is 7.11 Å². The van der Waals surface area contributed by atoms with Gasteiger partial charge in [-0.15, -0.1) is 0 Å². The first-order chi connectivity index (χ1) is 14.7.